The van der Waals surface area contributed by atoms with Gasteiger partial charge in [-0.25, -0.2) is 4.98 Å². The minimum Gasteiger partial charge on any atom is -0.394 e. The summed E-state index contributed by atoms with van der Waals surface area (Å²) in [5.41, 5.74) is -0.241. The average Bonchev–Trinajstić information content (AvgIpc) is 2.91. The Morgan fingerprint density at radius 2 is 2.17 bits per heavy atom. The minimum atomic E-state index is -0.616. The van der Waals surface area contributed by atoms with Gasteiger partial charge >= 0.3 is 0 Å². The third-order valence-corrected chi connectivity index (χ3v) is 2.80. The lowest BCUT2D eigenvalue weighted by Crippen LogP contribution is -2.26. The maximum absolute atomic E-state index is 11.9. The molecule has 3 radical (unpaired) electrons. The number of anilines is 1. The van der Waals surface area contributed by atoms with E-state index in [1.54, 1.807) is 0 Å². The lowest BCUT2D eigenvalue weighted by molar-refractivity contribution is -0.126. The molecule has 24 heavy (non-hydrogen) atoms. The lowest BCUT2D eigenvalue weighted by Gasteiger charge is -2.06. The fourth-order valence-electron chi connectivity index (χ4n) is 1.75. The number of hydrogen-bond donors (Lipinski definition) is 4. The second kappa shape index (κ2) is 8.79. The van der Waals surface area contributed by atoms with E-state index in [-0.39, 0.29) is 45.5 Å². The second-order valence-corrected chi connectivity index (χ2v) is 4.46. The van der Waals surface area contributed by atoms with E-state index in [4.69, 9.17) is 9.84 Å². The average molecular weight is 335 g/mol. The van der Waals surface area contributed by atoms with Crippen molar-refractivity contribution in [2.24, 2.45) is 0 Å². The van der Waals surface area contributed by atoms with Crippen LogP contribution in [-0.4, -0.2) is 65.1 Å². The largest absolute Gasteiger partial charge is 0.394 e. The number of aromatic nitrogens is 4. The van der Waals surface area contributed by atoms with Crippen LogP contribution in [0.25, 0.3) is 11.2 Å². The number of aliphatic hydroxyl groups excluding tert-OH is 1. The standard InChI is InChI=1S/C12H16N6O5.B/c1-13-7(20)4-8(21)15-12-16-10-9(11(22)17-12)14-5-18(10)6-23-3-2-19;/h5,19H,2-4,6H2,1H3,(H,13,20)(H2,15,16,17,21,22);. The van der Waals surface area contributed by atoms with Gasteiger partial charge in [0.1, 0.15) is 13.2 Å². The number of rotatable bonds is 7. The zero-order valence-electron chi connectivity index (χ0n) is 12.9. The molecule has 0 unspecified atom stereocenters. The van der Waals surface area contributed by atoms with Gasteiger partial charge < -0.3 is 15.2 Å². The normalized spacial score (nSPS) is 10.2. The molecule has 2 aromatic rings. The Bertz CT molecular complexity index is 773. The number of aromatic amines is 1. The Hall–Kier alpha value is -2.73. The number of carbonyl (C=O) groups is 2. The van der Waals surface area contributed by atoms with Gasteiger partial charge in [0.2, 0.25) is 17.8 Å². The maximum atomic E-state index is 11.9. The van der Waals surface area contributed by atoms with Gasteiger partial charge in [-0.3, -0.25) is 29.3 Å². The molecule has 11 nitrogen and oxygen atoms in total. The van der Waals surface area contributed by atoms with E-state index < -0.39 is 23.8 Å². The molecule has 0 aliphatic heterocycles. The third-order valence-electron chi connectivity index (χ3n) is 2.80. The summed E-state index contributed by atoms with van der Waals surface area (Å²) >= 11 is 0. The molecule has 0 aliphatic rings. The molecular formula is C12H16BN6O5. The molecule has 0 spiro atoms. The molecule has 127 valence electrons. The maximum Gasteiger partial charge on any atom is 0.280 e. The molecule has 0 aromatic carbocycles. The van der Waals surface area contributed by atoms with Crippen LogP contribution >= 0.6 is 0 Å². The quantitative estimate of drug-likeness (QED) is 0.254. The van der Waals surface area contributed by atoms with E-state index in [0.717, 1.165) is 0 Å². The van der Waals surface area contributed by atoms with Gasteiger partial charge in [-0.1, -0.05) is 0 Å². The Morgan fingerprint density at radius 3 is 2.83 bits per heavy atom. The molecule has 0 aliphatic carbocycles. The highest BCUT2D eigenvalue weighted by molar-refractivity contribution is 6.02. The number of aliphatic hydroxyl groups is 1. The van der Waals surface area contributed by atoms with E-state index in [1.165, 1.54) is 17.9 Å². The fourth-order valence-corrected chi connectivity index (χ4v) is 1.75. The van der Waals surface area contributed by atoms with E-state index in [9.17, 15) is 14.4 Å². The number of amides is 2. The first-order valence-corrected chi connectivity index (χ1v) is 6.69. The van der Waals surface area contributed by atoms with E-state index in [0.29, 0.717) is 0 Å². The van der Waals surface area contributed by atoms with Crippen LogP contribution < -0.4 is 16.2 Å². The summed E-state index contributed by atoms with van der Waals surface area (Å²) in [5, 5.41) is 13.3. The van der Waals surface area contributed by atoms with E-state index >= 15 is 0 Å². The number of hydrogen-bond acceptors (Lipinski definition) is 7. The number of nitrogens with zero attached hydrogens (tertiary/aromatic N) is 3. The molecule has 2 amide bonds. The fraction of sp³-hybridized carbons (Fsp3) is 0.417. The molecule has 0 bridgehead atoms. The predicted octanol–water partition coefficient (Wildman–Crippen LogP) is -2.22. The summed E-state index contributed by atoms with van der Waals surface area (Å²) in [5.74, 6) is -1.18. The van der Waals surface area contributed by atoms with Crippen LogP contribution in [0.2, 0.25) is 0 Å². The van der Waals surface area contributed by atoms with Crippen molar-refractivity contribution in [2.45, 2.75) is 13.2 Å². The summed E-state index contributed by atoms with van der Waals surface area (Å²) in [6.07, 6.45) is 0.970. The first-order valence-electron chi connectivity index (χ1n) is 6.69. The van der Waals surface area contributed by atoms with Crippen molar-refractivity contribution >= 4 is 37.3 Å². The summed E-state index contributed by atoms with van der Waals surface area (Å²) in [6.45, 7) is 0.0270. The number of nitrogens with one attached hydrogen (secondary N) is 3. The van der Waals surface area contributed by atoms with Gasteiger partial charge in [0.15, 0.2) is 11.2 Å². The molecule has 0 saturated carbocycles. The van der Waals surface area contributed by atoms with Crippen LogP contribution in [-0.2, 0) is 21.1 Å². The van der Waals surface area contributed by atoms with Crippen molar-refractivity contribution in [3.05, 3.63) is 16.7 Å². The Labute approximate surface area is 138 Å². The van der Waals surface area contributed by atoms with E-state index in [1.807, 2.05) is 0 Å². The number of carbonyl (C=O) groups excluding carboxylic acids is 2. The van der Waals surface area contributed by atoms with Gasteiger partial charge in [-0.2, -0.15) is 4.98 Å². The minimum absolute atomic E-state index is 0. The molecule has 0 fully saturated rings. The first-order chi connectivity index (χ1) is 11.0. The summed E-state index contributed by atoms with van der Waals surface area (Å²) in [4.78, 5) is 45.1. The zero-order chi connectivity index (χ0) is 16.8. The molecule has 2 rings (SSSR count). The van der Waals surface area contributed by atoms with Crippen molar-refractivity contribution in [2.75, 3.05) is 25.6 Å². The number of imidazole rings is 1. The molecular weight excluding hydrogens is 319 g/mol. The summed E-state index contributed by atoms with van der Waals surface area (Å²) in [6, 6.07) is 0. The SMILES string of the molecule is CNC(=O)CC(=O)Nc1nc2c(ncn2COCCO)c(=O)[nH]1.[B]. The topological polar surface area (TPSA) is 151 Å². The van der Waals surface area contributed by atoms with E-state index in [2.05, 4.69) is 25.6 Å². The Balaban J connectivity index is 0.00000288. The van der Waals surface area contributed by atoms with Crippen LogP contribution in [0, 0.1) is 0 Å². The smallest absolute Gasteiger partial charge is 0.280 e. The highest BCUT2D eigenvalue weighted by Gasteiger charge is 2.13. The van der Waals surface area contributed by atoms with Gasteiger partial charge in [-0.05, 0) is 0 Å². The zero-order valence-corrected chi connectivity index (χ0v) is 12.9. The Kier molecular flexibility index (Phi) is 7.08. The Morgan fingerprint density at radius 1 is 1.42 bits per heavy atom. The van der Waals surface area contributed by atoms with Crippen molar-refractivity contribution in [3.8, 4) is 0 Å². The van der Waals surface area contributed by atoms with Crippen LogP contribution in [0.1, 0.15) is 6.42 Å². The van der Waals surface area contributed by atoms with Gasteiger partial charge in [0, 0.05) is 15.5 Å². The van der Waals surface area contributed by atoms with Crippen molar-refractivity contribution < 1.29 is 19.4 Å². The first kappa shape index (κ1) is 19.3. The third kappa shape index (κ3) is 4.63. The second-order valence-electron chi connectivity index (χ2n) is 4.46. The van der Waals surface area contributed by atoms with Gasteiger partial charge in [0.05, 0.1) is 19.5 Å². The lowest BCUT2D eigenvalue weighted by atomic mass is 10.4. The summed E-state index contributed by atoms with van der Waals surface area (Å²) < 4.78 is 6.60. The molecule has 2 aromatic heterocycles. The highest BCUT2D eigenvalue weighted by Crippen LogP contribution is 2.08. The van der Waals surface area contributed by atoms with Crippen molar-refractivity contribution in [3.63, 3.8) is 0 Å². The molecule has 0 saturated heterocycles. The van der Waals surface area contributed by atoms with Crippen LogP contribution in [0.5, 0.6) is 0 Å². The molecule has 2 heterocycles. The van der Waals surface area contributed by atoms with Crippen LogP contribution in [0.3, 0.4) is 0 Å². The molecule has 12 heteroatoms. The van der Waals surface area contributed by atoms with Crippen molar-refractivity contribution in [1.82, 2.24) is 24.8 Å². The molecule has 0 atom stereocenters. The highest BCUT2D eigenvalue weighted by atomic mass is 16.5. The van der Waals surface area contributed by atoms with Gasteiger partial charge in [0.25, 0.3) is 5.56 Å². The number of fused-ring (bicyclic) bond motifs is 1. The summed E-state index contributed by atoms with van der Waals surface area (Å²) in [7, 11) is 1.41. The van der Waals surface area contributed by atoms with Crippen molar-refractivity contribution in [1.29, 1.82) is 0 Å². The predicted molar refractivity (Wildman–Crippen MR) is 84.3 cm³/mol. The van der Waals surface area contributed by atoms with Crippen LogP contribution in [0.4, 0.5) is 5.95 Å². The number of ether oxygens (including phenoxy) is 1. The molecule has 4 N–H and O–H groups in total. The van der Waals surface area contributed by atoms with Crippen LogP contribution in [0.15, 0.2) is 11.1 Å². The van der Waals surface area contributed by atoms with Gasteiger partial charge in [-0.15, -0.1) is 0 Å². The number of H-pyrrole nitrogens is 1. The monoisotopic (exact) mass is 335 g/mol.